The number of para-hydroxylation sites is 2. The molecule has 3 heteroatoms. The average molecular weight is 280 g/mol. The molecule has 0 saturated carbocycles. The first-order valence-electron chi connectivity index (χ1n) is 7.62. The van der Waals surface area contributed by atoms with Gasteiger partial charge in [-0.25, -0.2) is 0 Å². The van der Waals surface area contributed by atoms with Crippen LogP contribution < -0.4 is 15.0 Å². The third kappa shape index (κ3) is 2.04. The summed E-state index contributed by atoms with van der Waals surface area (Å²) in [5.41, 5.74) is 3.94. The van der Waals surface area contributed by atoms with Crippen molar-refractivity contribution in [2.75, 3.05) is 23.9 Å². The lowest BCUT2D eigenvalue weighted by molar-refractivity contribution is 0.413. The fourth-order valence-corrected chi connectivity index (χ4v) is 3.70. The highest BCUT2D eigenvalue weighted by atomic mass is 16.5. The molecule has 2 aromatic carbocycles. The smallest absolute Gasteiger partial charge is 0.119 e. The predicted molar refractivity (Wildman–Crippen MR) is 86.2 cm³/mol. The lowest BCUT2D eigenvalue weighted by atomic mass is 10.0. The number of hydrogen-bond donors (Lipinski definition) is 1. The highest BCUT2D eigenvalue weighted by molar-refractivity contribution is 5.74. The van der Waals surface area contributed by atoms with E-state index < -0.39 is 0 Å². The van der Waals surface area contributed by atoms with Crippen molar-refractivity contribution in [3.05, 3.63) is 54.1 Å². The van der Waals surface area contributed by atoms with E-state index in [2.05, 4.69) is 52.7 Å². The summed E-state index contributed by atoms with van der Waals surface area (Å²) in [6, 6.07) is 18.2. The summed E-state index contributed by atoms with van der Waals surface area (Å²) < 4.78 is 5.39. The molecule has 3 nitrogen and oxygen atoms in total. The zero-order chi connectivity index (χ0) is 14.2. The molecule has 2 heterocycles. The van der Waals surface area contributed by atoms with Gasteiger partial charge in [-0.1, -0.05) is 24.3 Å². The van der Waals surface area contributed by atoms with Crippen LogP contribution in [0.3, 0.4) is 0 Å². The van der Waals surface area contributed by atoms with Gasteiger partial charge in [-0.2, -0.15) is 0 Å². The second kappa shape index (κ2) is 4.99. The van der Waals surface area contributed by atoms with Gasteiger partial charge in [0.15, 0.2) is 0 Å². The molecule has 0 unspecified atom stereocenters. The largest absolute Gasteiger partial charge is 0.497 e. The van der Waals surface area contributed by atoms with E-state index in [4.69, 9.17) is 4.74 Å². The Hall–Kier alpha value is -2.16. The first-order valence-corrected chi connectivity index (χ1v) is 7.62. The molecule has 21 heavy (non-hydrogen) atoms. The minimum absolute atomic E-state index is 0.452. The van der Waals surface area contributed by atoms with Gasteiger partial charge in [0.2, 0.25) is 0 Å². The Morgan fingerprint density at radius 2 is 2.00 bits per heavy atom. The molecule has 0 radical (unpaired) electrons. The van der Waals surface area contributed by atoms with Crippen molar-refractivity contribution in [1.82, 2.24) is 0 Å². The average Bonchev–Trinajstić information content (AvgIpc) is 2.99. The van der Waals surface area contributed by atoms with Crippen molar-refractivity contribution < 1.29 is 4.74 Å². The first-order chi connectivity index (χ1) is 10.4. The van der Waals surface area contributed by atoms with Crippen LogP contribution in [0.5, 0.6) is 5.75 Å². The van der Waals surface area contributed by atoms with Crippen LogP contribution in [0.2, 0.25) is 0 Å². The van der Waals surface area contributed by atoms with Crippen LogP contribution in [-0.2, 0) is 0 Å². The Morgan fingerprint density at radius 3 is 2.90 bits per heavy atom. The number of hydrogen-bond acceptors (Lipinski definition) is 3. The summed E-state index contributed by atoms with van der Waals surface area (Å²) in [5.74, 6) is 0.944. The number of ether oxygens (including phenoxy) is 1. The molecular weight excluding hydrogens is 260 g/mol. The fraction of sp³-hybridized carbons (Fsp3) is 0.333. The van der Waals surface area contributed by atoms with E-state index in [1.54, 1.807) is 7.11 Å². The van der Waals surface area contributed by atoms with Gasteiger partial charge in [-0.15, -0.1) is 0 Å². The lowest BCUT2D eigenvalue weighted by Crippen LogP contribution is -2.40. The molecule has 0 spiro atoms. The van der Waals surface area contributed by atoms with Gasteiger partial charge in [0.05, 0.1) is 24.5 Å². The quantitative estimate of drug-likeness (QED) is 0.904. The lowest BCUT2D eigenvalue weighted by Gasteiger charge is -2.38. The SMILES string of the molecule is COc1cccc([C@@H]2CC[C@@H]3CNc4ccccc4N32)c1. The van der Waals surface area contributed by atoms with Gasteiger partial charge in [0.1, 0.15) is 5.75 Å². The summed E-state index contributed by atoms with van der Waals surface area (Å²) in [6.07, 6.45) is 2.44. The van der Waals surface area contributed by atoms with E-state index in [9.17, 15) is 0 Å². The third-order valence-corrected chi connectivity index (χ3v) is 4.69. The molecule has 2 aliphatic rings. The number of nitrogens with zero attached hydrogens (tertiary/aromatic N) is 1. The first kappa shape index (κ1) is 12.6. The zero-order valence-electron chi connectivity index (χ0n) is 12.3. The van der Waals surface area contributed by atoms with Crippen molar-refractivity contribution in [1.29, 1.82) is 0 Å². The van der Waals surface area contributed by atoms with Crippen molar-refractivity contribution in [3.63, 3.8) is 0 Å². The van der Waals surface area contributed by atoms with Crippen LogP contribution in [-0.4, -0.2) is 19.7 Å². The Kier molecular flexibility index (Phi) is 2.99. The zero-order valence-corrected chi connectivity index (χ0v) is 12.3. The van der Waals surface area contributed by atoms with E-state index in [-0.39, 0.29) is 0 Å². The van der Waals surface area contributed by atoms with E-state index >= 15 is 0 Å². The van der Waals surface area contributed by atoms with E-state index in [0.717, 1.165) is 12.3 Å². The molecule has 0 aromatic heterocycles. The molecule has 0 amide bonds. The number of benzene rings is 2. The standard InChI is InChI=1S/C18H20N2O/c1-21-15-6-4-5-13(11-15)17-10-9-14-12-19-16-7-2-3-8-18(16)20(14)17/h2-8,11,14,17,19H,9-10,12H2,1H3/t14-,17+/m1/s1. The van der Waals surface area contributed by atoms with Gasteiger partial charge >= 0.3 is 0 Å². The molecule has 2 aromatic rings. The number of fused-ring (bicyclic) bond motifs is 3. The van der Waals surface area contributed by atoms with Crippen LogP contribution in [0, 0.1) is 0 Å². The van der Waals surface area contributed by atoms with E-state index in [1.165, 1.54) is 29.8 Å². The minimum Gasteiger partial charge on any atom is -0.497 e. The van der Waals surface area contributed by atoms with Crippen molar-refractivity contribution in [2.24, 2.45) is 0 Å². The molecule has 2 aliphatic heterocycles. The maximum Gasteiger partial charge on any atom is 0.119 e. The monoisotopic (exact) mass is 280 g/mol. The molecule has 0 bridgehead atoms. The van der Waals surface area contributed by atoms with Gasteiger partial charge in [-0.3, -0.25) is 0 Å². The Balaban J connectivity index is 1.75. The van der Waals surface area contributed by atoms with E-state index in [0.29, 0.717) is 12.1 Å². The molecule has 2 atom stereocenters. The van der Waals surface area contributed by atoms with Crippen LogP contribution >= 0.6 is 0 Å². The van der Waals surface area contributed by atoms with Gasteiger partial charge in [0, 0.05) is 12.6 Å². The van der Waals surface area contributed by atoms with Crippen molar-refractivity contribution in [3.8, 4) is 5.75 Å². The Labute approximate surface area is 125 Å². The number of anilines is 2. The normalized spacial score (nSPS) is 23.2. The second-order valence-corrected chi connectivity index (χ2v) is 5.83. The minimum atomic E-state index is 0.452. The molecule has 1 N–H and O–H groups in total. The topological polar surface area (TPSA) is 24.5 Å². The summed E-state index contributed by atoms with van der Waals surface area (Å²) in [5, 5.41) is 3.56. The summed E-state index contributed by atoms with van der Waals surface area (Å²) in [6.45, 7) is 1.04. The number of nitrogens with one attached hydrogen (secondary N) is 1. The van der Waals surface area contributed by atoms with E-state index in [1.807, 2.05) is 6.07 Å². The van der Waals surface area contributed by atoms with Gasteiger partial charge in [0.25, 0.3) is 0 Å². The summed E-state index contributed by atoms with van der Waals surface area (Å²) in [7, 11) is 1.73. The predicted octanol–water partition coefficient (Wildman–Crippen LogP) is 3.83. The Bertz CT molecular complexity index is 655. The molecule has 1 fully saturated rings. The molecule has 0 aliphatic carbocycles. The third-order valence-electron chi connectivity index (χ3n) is 4.69. The molecular formula is C18H20N2O. The maximum absolute atomic E-state index is 5.39. The summed E-state index contributed by atoms with van der Waals surface area (Å²) in [4.78, 5) is 2.60. The number of rotatable bonds is 2. The van der Waals surface area contributed by atoms with Crippen molar-refractivity contribution >= 4 is 11.4 Å². The maximum atomic E-state index is 5.39. The van der Waals surface area contributed by atoms with Crippen LogP contribution in [0.15, 0.2) is 48.5 Å². The molecule has 4 rings (SSSR count). The van der Waals surface area contributed by atoms with Gasteiger partial charge < -0.3 is 15.0 Å². The van der Waals surface area contributed by atoms with Crippen LogP contribution in [0.25, 0.3) is 0 Å². The fourth-order valence-electron chi connectivity index (χ4n) is 3.70. The van der Waals surface area contributed by atoms with Crippen LogP contribution in [0.4, 0.5) is 11.4 Å². The van der Waals surface area contributed by atoms with Crippen molar-refractivity contribution in [2.45, 2.75) is 24.9 Å². The highest BCUT2D eigenvalue weighted by Gasteiger charge is 2.37. The highest BCUT2D eigenvalue weighted by Crippen LogP contribution is 2.45. The molecule has 1 saturated heterocycles. The van der Waals surface area contributed by atoms with Gasteiger partial charge in [-0.05, 0) is 42.7 Å². The van der Waals surface area contributed by atoms with Crippen LogP contribution in [0.1, 0.15) is 24.4 Å². The number of methoxy groups -OCH3 is 1. The summed E-state index contributed by atoms with van der Waals surface area (Å²) >= 11 is 0. The molecule has 108 valence electrons. The Morgan fingerprint density at radius 1 is 1.10 bits per heavy atom. The second-order valence-electron chi connectivity index (χ2n) is 5.83.